The molecule has 1 saturated heterocycles. The third-order valence-corrected chi connectivity index (χ3v) is 3.94. The summed E-state index contributed by atoms with van der Waals surface area (Å²) < 4.78 is 5.20. The predicted molar refractivity (Wildman–Crippen MR) is 69.4 cm³/mol. The van der Waals surface area contributed by atoms with Crippen molar-refractivity contribution in [2.24, 2.45) is 5.41 Å². The lowest BCUT2D eigenvalue weighted by atomic mass is 9.86. The highest BCUT2D eigenvalue weighted by atomic mass is 16.6. The van der Waals surface area contributed by atoms with Crippen molar-refractivity contribution in [2.45, 2.75) is 6.42 Å². The van der Waals surface area contributed by atoms with Crippen LogP contribution in [0.1, 0.15) is 5.56 Å². The Hall–Kier alpha value is -1.66. The summed E-state index contributed by atoms with van der Waals surface area (Å²) >= 11 is 0. The zero-order valence-corrected chi connectivity index (χ0v) is 10.5. The molecule has 6 nitrogen and oxygen atoms in total. The molecule has 0 spiro atoms. The first-order valence-electron chi connectivity index (χ1n) is 6.34. The van der Waals surface area contributed by atoms with Crippen LogP contribution in [0.25, 0.3) is 0 Å². The van der Waals surface area contributed by atoms with Crippen LogP contribution in [0.4, 0.5) is 11.4 Å². The van der Waals surface area contributed by atoms with Gasteiger partial charge in [-0.15, -0.1) is 0 Å². The molecule has 6 heteroatoms. The monoisotopic (exact) mass is 264 g/mol. The molecule has 0 unspecified atom stereocenters. The van der Waals surface area contributed by atoms with E-state index in [1.807, 2.05) is 6.07 Å². The highest BCUT2D eigenvalue weighted by molar-refractivity contribution is 5.61. The van der Waals surface area contributed by atoms with Crippen LogP contribution in [0.3, 0.4) is 0 Å². The van der Waals surface area contributed by atoms with Gasteiger partial charge in [0.2, 0.25) is 0 Å². The standard InChI is InChI=1S/C13H16N2O4/c16-7-13(8-19-9-13)6-14-4-3-10-5-11(15(17)18)1-2-12(10)14/h1-2,5,16H,3-4,6-9H2. The molecule has 0 bridgehead atoms. The van der Waals surface area contributed by atoms with Crippen molar-refractivity contribution in [1.82, 2.24) is 0 Å². The number of hydrogen-bond acceptors (Lipinski definition) is 5. The number of aliphatic hydroxyl groups excluding tert-OH is 1. The van der Waals surface area contributed by atoms with E-state index < -0.39 is 0 Å². The lowest BCUT2D eigenvalue weighted by Crippen LogP contribution is -2.53. The van der Waals surface area contributed by atoms with E-state index in [9.17, 15) is 15.2 Å². The zero-order chi connectivity index (χ0) is 13.5. The maximum atomic E-state index is 10.8. The Morgan fingerprint density at radius 2 is 2.26 bits per heavy atom. The van der Waals surface area contributed by atoms with Gasteiger partial charge in [0.1, 0.15) is 0 Å². The van der Waals surface area contributed by atoms with E-state index in [1.165, 1.54) is 0 Å². The molecular formula is C13H16N2O4. The smallest absolute Gasteiger partial charge is 0.269 e. The lowest BCUT2D eigenvalue weighted by molar-refractivity contribution is -0.384. The minimum atomic E-state index is -0.363. The summed E-state index contributed by atoms with van der Waals surface area (Å²) in [4.78, 5) is 12.6. The van der Waals surface area contributed by atoms with Gasteiger partial charge in [-0.1, -0.05) is 0 Å². The number of rotatable bonds is 4. The van der Waals surface area contributed by atoms with E-state index in [0.29, 0.717) is 13.2 Å². The summed E-state index contributed by atoms with van der Waals surface area (Å²) in [5.74, 6) is 0. The molecule has 0 amide bonds. The van der Waals surface area contributed by atoms with Crippen molar-refractivity contribution in [3.63, 3.8) is 0 Å². The van der Waals surface area contributed by atoms with Crippen molar-refractivity contribution in [3.05, 3.63) is 33.9 Å². The highest BCUT2D eigenvalue weighted by Gasteiger charge is 2.40. The number of benzene rings is 1. The number of aliphatic hydroxyl groups is 1. The van der Waals surface area contributed by atoms with Crippen LogP contribution in [0, 0.1) is 15.5 Å². The topological polar surface area (TPSA) is 75.8 Å². The summed E-state index contributed by atoms with van der Waals surface area (Å²) in [6, 6.07) is 5.00. The summed E-state index contributed by atoms with van der Waals surface area (Å²) in [6.07, 6.45) is 0.819. The SMILES string of the molecule is O=[N+]([O-])c1ccc2c(c1)CCN2CC1(CO)COC1. The second kappa shape index (κ2) is 4.47. The molecule has 0 aromatic heterocycles. The maximum absolute atomic E-state index is 10.8. The molecule has 2 aliphatic heterocycles. The lowest BCUT2D eigenvalue weighted by Gasteiger charge is -2.43. The quantitative estimate of drug-likeness (QED) is 0.647. The molecule has 19 heavy (non-hydrogen) atoms. The van der Waals surface area contributed by atoms with Crippen LogP contribution in [0.5, 0.6) is 0 Å². The fourth-order valence-corrected chi connectivity index (χ4v) is 2.76. The predicted octanol–water partition coefficient (Wildman–Crippen LogP) is 0.966. The van der Waals surface area contributed by atoms with Crippen molar-refractivity contribution in [2.75, 3.05) is 37.8 Å². The summed E-state index contributed by atoms with van der Waals surface area (Å²) in [7, 11) is 0. The van der Waals surface area contributed by atoms with Crippen molar-refractivity contribution < 1.29 is 14.8 Å². The zero-order valence-electron chi connectivity index (χ0n) is 10.5. The van der Waals surface area contributed by atoms with Crippen LogP contribution < -0.4 is 4.90 Å². The van der Waals surface area contributed by atoms with E-state index in [2.05, 4.69) is 4.90 Å². The van der Waals surface area contributed by atoms with Gasteiger partial charge in [0.05, 0.1) is 30.2 Å². The molecule has 0 aliphatic carbocycles. The van der Waals surface area contributed by atoms with E-state index in [-0.39, 0.29) is 22.6 Å². The molecule has 1 fully saturated rings. The van der Waals surface area contributed by atoms with Crippen molar-refractivity contribution in [1.29, 1.82) is 0 Å². The number of non-ortho nitro benzene ring substituents is 1. The molecule has 1 N–H and O–H groups in total. The summed E-state index contributed by atoms with van der Waals surface area (Å²) in [5, 5.41) is 20.2. The Morgan fingerprint density at radius 1 is 1.47 bits per heavy atom. The molecule has 0 saturated carbocycles. The van der Waals surface area contributed by atoms with E-state index >= 15 is 0 Å². The number of nitro benzene ring substituents is 1. The summed E-state index contributed by atoms with van der Waals surface area (Å²) in [5.41, 5.74) is 2.04. The number of hydrogen-bond donors (Lipinski definition) is 1. The van der Waals surface area contributed by atoms with Gasteiger partial charge in [0, 0.05) is 30.9 Å². The van der Waals surface area contributed by atoms with E-state index in [1.54, 1.807) is 12.1 Å². The minimum Gasteiger partial charge on any atom is -0.396 e. The number of fused-ring (bicyclic) bond motifs is 1. The van der Waals surface area contributed by atoms with Crippen LogP contribution >= 0.6 is 0 Å². The van der Waals surface area contributed by atoms with Gasteiger partial charge >= 0.3 is 0 Å². The van der Waals surface area contributed by atoms with Gasteiger partial charge in [0.25, 0.3) is 5.69 Å². The van der Waals surface area contributed by atoms with Crippen LogP contribution in [-0.4, -0.2) is 42.9 Å². The molecular weight excluding hydrogens is 248 g/mol. The largest absolute Gasteiger partial charge is 0.396 e. The van der Waals surface area contributed by atoms with Gasteiger partial charge < -0.3 is 14.7 Å². The van der Waals surface area contributed by atoms with Gasteiger partial charge in [-0.25, -0.2) is 0 Å². The second-order valence-corrected chi connectivity index (χ2v) is 5.39. The molecule has 2 heterocycles. The first-order valence-corrected chi connectivity index (χ1v) is 6.34. The first kappa shape index (κ1) is 12.4. The van der Waals surface area contributed by atoms with Crippen molar-refractivity contribution >= 4 is 11.4 Å². The Kier molecular flexibility index (Phi) is 2.91. The van der Waals surface area contributed by atoms with Crippen LogP contribution in [0.15, 0.2) is 18.2 Å². The Bertz CT molecular complexity index is 508. The highest BCUT2D eigenvalue weighted by Crippen LogP contribution is 2.35. The van der Waals surface area contributed by atoms with Crippen molar-refractivity contribution in [3.8, 4) is 0 Å². The minimum absolute atomic E-state index is 0.117. The number of ether oxygens (including phenoxy) is 1. The van der Waals surface area contributed by atoms with Gasteiger partial charge in [-0.05, 0) is 18.1 Å². The fraction of sp³-hybridized carbons (Fsp3) is 0.538. The number of anilines is 1. The Morgan fingerprint density at radius 3 is 2.84 bits per heavy atom. The Labute approximate surface area is 110 Å². The third-order valence-electron chi connectivity index (χ3n) is 3.94. The average Bonchev–Trinajstić information content (AvgIpc) is 2.76. The molecule has 1 aromatic rings. The molecule has 0 atom stereocenters. The normalized spacial score (nSPS) is 19.9. The first-order chi connectivity index (χ1) is 9.13. The maximum Gasteiger partial charge on any atom is 0.269 e. The van der Waals surface area contributed by atoms with E-state index in [0.717, 1.165) is 30.8 Å². The van der Waals surface area contributed by atoms with Gasteiger partial charge in [-0.3, -0.25) is 10.1 Å². The number of nitro groups is 1. The molecule has 0 radical (unpaired) electrons. The molecule has 1 aromatic carbocycles. The fourth-order valence-electron chi connectivity index (χ4n) is 2.76. The average molecular weight is 264 g/mol. The van der Waals surface area contributed by atoms with Gasteiger partial charge in [0.15, 0.2) is 0 Å². The molecule has 102 valence electrons. The Balaban J connectivity index is 1.80. The second-order valence-electron chi connectivity index (χ2n) is 5.39. The van der Waals surface area contributed by atoms with Gasteiger partial charge in [-0.2, -0.15) is 0 Å². The number of nitrogens with zero attached hydrogens (tertiary/aromatic N) is 2. The molecule has 3 rings (SSSR count). The van der Waals surface area contributed by atoms with E-state index in [4.69, 9.17) is 4.74 Å². The summed E-state index contributed by atoms with van der Waals surface area (Å²) in [6.45, 7) is 2.88. The van der Waals surface area contributed by atoms with Crippen LogP contribution in [0.2, 0.25) is 0 Å². The third kappa shape index (κ3) is 2.06. The molecule has 2 aliphatic rings. The van der Waals surface area contributed by atoms with Crippen LogP contribution in [-0.2, 0) is 11.2 Å².